The molecule has 2 aliphatic heterocycles. The fourth-order valence-corrected chi connectivity index (χ4v) is 5.13. The molecule has 2 heterocycles. The van der Waals surface area contributed by atoms with E-state index in [4.69, 9.17) is 4.74 Å². The zero-order valence-corrected chi connectivity index (χ0v) is 17.7. The van der Waals surface area contributed by atoms with Crippen molar-refractivity contribution in [3.63, 3.8) is 0 Å². The van der Waals surface area contributed by atoms with Gasteiger partial charge in [0.25, 0.3) is 5.91 Å². The maximum absolute atomic E-state index is 13.2. The van der Waals surface area contributed by atoms with E-state index in [2.05, 4.69) is 5.32 Å². The summed E-state index contributed by atoms with van der Waals surface area (Å²) in [7, 11) is 1.64. The summed E-state index contributed by atoms with van der Waals surface area (Å²) in [6.07, 6.45) is 7.56. The zero-order chi connectivity index (χ0) is 21.1. The molecule has 1 N–H and O–H groups in total. The second-order valence-corrected chi connectivity index (χ2v) is 8.65. The van der Waals surface area contributed by atoms with E-state index in [0.29, 0.717) is 19.4 Å². The highest BCUT2D eigenvalue weighted by molar-refractivity contribution is 6.07. The standard InChI is InChI=1S/C23H31N3O4/c1-30-18-10-8-17(9-11-18)19-7-3-2-6-15-25(19)20(27)12-16-26-21(28)23(24-22(26)29)13-4-5-14-23/h8-11,19H,2-7,12-16H2,1H3,(H,24,29)/t19-/m0/s1. The number of carbonyl (C=O) groups excluding carboxylic acids is 3. The largest absolute Gasteiger partial charge is 0.497 e. The summed E-state index contributed by atoms with van der Waals surface area (Å²) < 4.78 is 5.25. The molecule has 0 radical (unpaired) electrons. The van der Waals surface area contributed by atoms with Crippen LogP contribution in [-0.2, 0) is 9.59 Å². The zero-order valence-electron chi connectivity index (χ0n) is 17.7. The molecule has 0 bridgehead atoms. The highest BCUT2D eigenvalue weighted by Crippen LogP contribution is 2.35. The quantitative estimate of drug-likeness (QED) is 0.751. The predicted octanol–water partition coefficient (Wildman–Crippen LogP) is 3.39. The number of hydrogen-bond acceptors (Lipinski definition) is 4. The summed E-state index contributed by atoms with van der Waals surface area (Å²) in [4.78, 5) is 41.6. The molecular weight excluding hydrogens is 382 g/mol. The van der Waals surface area contributed by atoms with Gasteiger partial charge in [0.2, 0.25) is 5.91 Å². The van der Waals surface area contributed by atoms with Gasteiger partial charge in [-0.25, -0.2) is 4.79 Å². The Morgan fingerprint density at radius 2 is 1.83 bits per heavy atom. The van der Waals surface area contributed by atoms with Gasteiger partial charge in [-0.3, -0.25) is 14.5 Å². The average molecular weight is 414 g/mol. The van der Waals surface area contributed by atoms with Crippen molar-refractivity contribution in [1.82, 2.24) is 15.1 Å². The van der Waals surface area contributed by atoms with Gasteiger partial charge in [-0.15, -0.1) is 0 Å². The molecule has 0 aromatic heterocycles. The average Bonchev–Trinajstić information content (AvgIpc) is 3.21. The lowest BCUT2D eigenvalue weighted by molar-refractivity contribution is -0.135. The van der Waals surface area contributed by atoms with Gasteiger partial charge in [0.1, 0.15) is 11.3 Å². The van der Waals surface area contributed by atoms with Crippen molar-refractivity contribution in [1.29, 1.82) is 0 Å². The van der Waals surface area contributed by atoms with Gasteiger partial charge >= 0.3 is 6.03 Å². The van der Waals surface area contributed by atoms with Crippen LogP contribution in [0.5, 0.6) is 5.75 Å². The first kappa shape index (κ1) is 20.7. The number of carbonyl (C=O) groups is 3. The van der Waals surface area contributed by atoms with E-state index in [1.807, 2.05) is 29.2 Å². The Labute approximate surface area is 177 Å². The van der Waals surface area contributed by atoms with Crippen molar-refractivity contribution in [3.05, 3.63) is 29.8 Å². The number of benzene rings is 1. The van der Waals surface area contributed by atoms with Crippen LogP contribution < -0.4 is 10.1 Å². The minimum absolute atomic E-state index is 0.00527. The second-order valence-electron chi connectivity index (χ2n) is 8.65. The summed E-state index contributed by atoms with van der Waals surface area (Å²) in [5, 5.41) is 2.89. The van der Waals surface area contributed by atoms with Gasteiger partial charge in [0.05, 0.1) is 13.2 Å². The van der Waals surface area contributed by atoms with E-state index in [0.717, 1.165) is 49.8 Å². The van der Waals surface area contributed by atoms with Crippen molar-refractivity contribution in [2.75, 3.05) is 20.2 Å². The highest BCUT2D eigenvalue weighted by atomic mass is 16.5. The van der Waals surface area contributed by atoms with E-state index < -0.39 is 5.54 Å². The van der Waals surface area contributed by atoms with Crippen LogP contribution in [0.3, 0.4) is 0 Å². The van der Waals surface area contributed by atoms with E-state index in [9.17, 15) is 14.4 Å². The molecule has 162 valence electrons. The molecule has 1 saturated carbocycles. The third kappa shape index (κ3) is 3.89. The SMILES string of the molecule is COc1ccc([C@@H]2CCCCCN2C(=O)CCN2C(=O)NC3(CCCC3)C2=O)cc1. The minimum Gasteiger partial charge on any atom is -0.497 e. The minimum atomic E-state index is -0.714. The topological polar surface area (TPSA) is 79.0 Å². The Bertz CT molecular complexity index is 801. The first-order valence-corrected chi connectivity index (χ1v) is 11.1. The van der Waals surface area contributed by atoms with Crippen LogP contribution in [0.25, 0.3) is 0 Å². The number of nitrogens with zero attached hydrogens (tertiary/aromatic N) is 2. The maximum Gasteiger partial charge on any atom is 0.325 e. The fraction of sp³-hybridized carbons (Fsp3) is 0.609. The first-order valence-electron chi connectivity index (χ1n) is 11.1. The number of rotatable bonds is 5. The van der Waals surface area contributed by atoms with Gasteiger partial charge in [-0.1, -0.05) is 37.8 Å². The lowest BCUT2D eigenvalue weighted by Gasteiger charge is -2.31. The fourth-order valence-electron chi connectivity index (χ4n) is 5.13. The molecule has 1 aliphatic carbocycles. The molecule has 7 heteroatoms. The van der Waals surface area contributed by atoms with Gasteiger partial charge in [0.15, 0.2) is 0 Å². The number of nitrogens with one attached hydrogen (secondary N) is 1. The number of amides is 4. The third-order valence-corrected chi connectivity index (χ3v) is 6.83. The molecule has 1 atom stereocenters. The van der Waals surface area contributed by atoms with Crippen LogP contribution in [-0.4, -0.2) is 53.4 Å². The lowest BCUT2D eigenvalue weighted by Crippen LogP contribution is -2.44. The molecule has 1 spiro atoms. The van der Waals surface area contributed by atoms with E-state index >= 15 is 0 Å². The Balaban J connectivity index is 1.44. The summed E-state index contributed by atoms with van der Waals surface area (Å²) >= 11 is 0. The van der Waals surface area contributed by atoms with Crippen molar-refractivity contribution in [2.24, 2.45) is 0 Å². The van der Waals surface area contributed by atoms with Gasteiger partial charge in [0, 0.05) is 19.5 Å². The van der Waals surface area contributed by atoms with Crippen molar-refractivity contribution in [3.8, 4) is 5.75 Å². The Kier molecular flexibility index (Phi) is 5.97. The Morgan fingerprint density at radius 3 is 2.53 bits per heavy atom. The van der Waals surface area contributed by atoms with Gasteiger partial charge < -0.3 is 15.0 Å². The number of ether oxygens (including phenoxy) is 1. The normalized spacial score (nSPS) is 23.6. The molecule has 30 heavy (non-hydrogen) atoms. The van der Waals surface area contributed by atoms with Crippen LogP contribution in [0, 0.1) is 0 Å². The van der Waals surface area contributed by atoms with Gasteiger partial charge in [-0.2, -0.15) is 0 Å². The number of methoxy groups -OCH3 is 1. The van der Waals surface area contributed by atoms with Crippen LogP contribution in [0.2, 0.25) is 0 Å². The number of urea groups is 1. The lowest BCUT2D eigenvalue weighted by atomic mass is 9.98. The monoisotopic (exact) mass is 413 g/mol. The smallest absolute Gasteiger partial charge is 0.325 e. The maximum atomic E-state index is 13.2. The molecule has 4 amide bonds. The second kappa shape index (κ2) is 8.66. The van der Waals surface area contributed by atoms with E-state index in [1.165, 1.54) is 4.90 Å². The van der Waals surface area contributed by atoms with Crippen LogP contribution in [0.15, 0.2) is 24.3 Å². The molecule has 7 nitrogen and oxygen atoms in total. The number of likely N-dealkylation sites (tertiary alicyclic amines) is 1. The van der Waals surface area contributed by atoms with Crippen molar-refractivity contribution >= 4 is 17.8 Å². The molecular formula is C23H31N3O4. The molecule has 1 aromatic rings. The predicted molar refractivity (Wildman–Crippen MR) is 112 cm³/mol. The van der Waals surface area contributed by atoms with Crippen LogP contribution in [0.1, 0.15) is 69.4 Å². The first-order chi connectivity index (χ1) is 14.5. The number of imide groups is 1. The summed E-state index contributed by atoms with van der Waals surface area (Å²) in [5.41, 5.74) is 0.389. The number of hydrogen-bond donors (Lipinski definition) is 1. The molecule has 2 saturated heterocycles. The molecule has 3 fully saturated rings. The Hall–Kier alpha value is -2.57. The van der Waals surface area contributed by atoms with E-state index in [1.54, 1.807) is 7.11 Å². The molecule has 1 aromatic carbocycles. The van der Waals surface area contributed by atoms with Crippen molar-refractivity contribution < 1.29 is 19.1 Å². The van der Waals surface area contributed by atoms with Gasteiger partial charge in [-0.05, 0) is 43.4 Å². The highest BCUT2D eigenvalue weighted by Gasteiger charge is 2.52. The molecule has 0 unspecified atom stereocenters. The molecule has 3 aliphatic rings. The van der Waals surface area contributed by atoms with Crippen LogP contribution >= 0.6 is 0 Å². The molecule has 4 rings (SSSR count). The summed E-state index contributed by atoms with van der Waals surface area (Å²) in [5.74, 6) is 0.649. The van der Waals surface area contributed by atoms with Crippen molar-refractivity contribution in [2.45, 2.75) is 69.4 Å². The third-order valence-electron chi connectivity index (χ3n) is 6.83. The Morgan fingerprint density at radius 1 is 1.10 bits per heavy atom. The van der Waals surface area contributed by atoms with Crippen LogP contribution in [0.4, 0.5) is 4.79 Å². The van der Waals surface area contributed by atoms with E-state index in [-0.39, 0.29) is 36.9 Å². The summed E-state index contributed by atoms with van der Waals surface area (Å²) in [6, 6.07) is 7.58. The summed E-state index contributed by atoms with van der Waals surface area (Å²) in [6.45, 7) is 0.858.